The van der Waals surface area contributed by atoms with Gasteiger partial charge in [0.05, 0.1) is 19.5 Å². The van der Waals surface area contributed by atoms with Crippen molar-refractivity contribution >= 4 is 28.5 Å². The van der Waals surface area contributed by atoms with Crippen molar-refractivity contribution in [3.05, 3.63) is 47.4 Å². The van der Waals surface area contributed by atoms with E-state index in [1.807, 2.05) is 0 Å². The van der Waals surface area contributed by atoms with Crippen molar-refractivity contribution in [2.75, 3.05) is 31.4 Å². The second kappa shape index (κ2) is 10.1. The molecule has 1 aliphatic heterocycles. The van der Waals surface area contributed by atoms with Crippen molar-refractivity contribution in [1.29, 1.82) is 0 Å². The Kier molecular flexibility index (Phi) is 7.48. The number of halogens is 1. The van der Waals surface area contributed by atoms with Crippen molar-refractivity contribution in [2.45, 2.75) is 18.9 Å². The van der Waals surface area contributed by atoms with Crippen molar-refractivity contribution in [1.82, 2.24) is 10.2 Å². The molecule has 1 amide bonds. The van der Waals surface area contributed by atoms with E-state index in [0.717, 1.165) is 6.07 Å². The van der Waals surface area contributed by atoms with Crippen LogP contribution in [-0.2, 0) is 21.4 Å². The molecule has 0 spiro atoms. The number of carbonyl (C=O) groups is 1. The number of nitrogens with two attached hydrogens (primary N) is 1. The Balaban J connectivity index is 1.91. The summed E-state index contributed by atoms with van der Waals surface area (Å²) in [7, 11) is 1.43. The number of nitrogens with one attached hydrogen (secondary N) is 1. The number of nitrogens with zero attached hydrogens (tertiary/aromatic N) is 3. The standard InChI is InChI=1S/C20H24FN5O5S/c1-20(11-32(28)29,24-18(22)12-7-8-31-10-12)14-9-13(3-4-15(14)21)23-19(27)16-5-6-17(30-2)26-25-16/h3-6,9,12H,7-8,10-11H2,1-2H3,(H2,22,24)(H,23,27)(H,28,29)/t12-,20+/m1/s1. The van der Waals surface area contributed by atoms with E-state index in [0.29, 0.717) is 19.6 Å². The first kappa shape index (κ1) is 23.7. The van der Waals surface area contributed by atoms with Crippen LogP contribution in [0.1, 0.15) is 29.4 Å². The van der Waals surface area contributed by atoms with Crippen LogP contribution in [0.4, 0.5) is 10.1 Å². The fourth-order valence-corrected chi connectivity index (χ4v) is 4.02. The van der Waals surface area contributed by atoms with E-state index in [2.05, 4.69) is 20.5 Å². The highest BCUT2D eigenvalue weighted by Gasteiger charge is 2.34. The van der Waals surface area contributed by atoms with Gasteiger partial charge in [-0.05, 0) is 37.6 Å². The maximum atomic E-state index is 14.8. The summed E-state index contributed by atoms with van der Waals surface area (Å²) < 4.78 is 46.3. The van der Waals surface area contributed by atoms with Gasteiger partial charge in [0.15, 0.2) is 16.8 Å². The van der Waals surface area contributed by atoms with E-state index in [-0.39, 0.29) is 40.3 Å². The number of rotatable bonds is 8. The molecule has 3 rings (SSSR count). The number of carbonyl (C=O) groups excluding carboxylic acids is 1. The molecule has 10 nitrogen and oxygen atoms in total. The number of ether oxygens (including phenoxy) is 2. The number of benzene rings is 1. The molecular weight excluding hydrogens is 441 g/mol. The van der Waals surface area contributed by atoms with Gasteiger partial charge >= 0.3 is 0 Å². The summed E-state index contributed by atoms with van der Waals surface area (Å²) in [5, 5.41) is 10.1. The minimum absolute atomic E-state index is 0.0142. The molecule has 1 aromatic carbocycles. The highest BCUT2D eigenvalue weighted by Crippen LogP contribution is 2.32. The monoisotopic (exact) mass is 465 g/mol. The first-order chi connectivity index (χ1) is 15.2. The van der Waals surface area contributed by atoms with Gasteiger partial charge in [0.1, 0.15) is 17.2 Å². The Hall–Kier alpha value is -2.96. The van der Waals surface area contributed by atoms with Crippen LogP contribution in [0.2, 0.25) is 0 Å². The first-order valence-electron chi connectivity index (χ1n) is 9.71. The SMILES string of the molecule is COc1ccc(C(=O)Nc2ccc(F)c([C@](C)(CS(=O)O)N=C(N)[C@@H]3CCOC3)c2)nn1. The molecule has 0 radical (unpaired) electrons. The van der Waals surface area contributed by atoms with Gasteiger partial charge in [0.2, 0.25) is 5.88 Å². The average Bonchev–Trinajstić information content (AvgIpc) is 3.29. The number of aliphatic imine (C=N–C) groups is 1. The quantitative estimate of drug-likeness (QED) is 0.303. The summed E-state index contributed by atoms with van der Waals surface area (Å²) >= 11 is -2.29. The van der Waals surface area contributed by atoms with Crippen LogP contribution < -0.4 is 15.8 Å². The third-order valence-electron chi connectivity index (χ3n) is 5.01. The van der Waals surface area contributed by atoms with Crippen LogP contribution in [0.5, 0.6) is 5.88 Å². The Labute approximate surface area is 186 Å². The van der Waals surface area contributed by atoms with Gasteiger partial charge < -0.3 is 25.1 Å². The molecule has 0 bridgehead atoms. The molecule has 12 heteroatoms. The third-order valence-corrected chi connectivity index (χ3v) is 5.82. The van der Waals surface area contributed by atoms with E-state index < -0.39 is 28.3 Å². The van der Waals surface area contributed by atoms with Gasteiger partial charge in [-0.1, -0.05) is 0 Å². The Bertz CT molecular complexity index is 1030. The Morgan fingerprint density at radius 2 is 2.22 bits per heavy atom. The summed E-state index contributed by atoms with van der Waals surface area (Å²) in [5.74, 6) is -1.30. The predicted octanol–water partition coefficient (Wildman–Crippen LogP) is 1.71. The van der Waals surface area contributed by atoms with Gasteiger partial charge in [0, 0.05) is 29.8 Å². The Morgan fingerprint density at radius 3 is 2.81 bits per heavy atom. The van der Waals surface area contributed by atoms with Gasteiger partial charge in [-0.25, -0.2) is 8.60 Å². The molecular formula is C20H24FN5O5S. The number of methoxy groups -OCH3 is 1. The number of hydrogen-bond donors (Lipinski definition) is 3. The number of amidine groups is 1. The second-order valence-corrected chi connectivity index (χ2v) is 8.38. The fraction of sp³-hybridized carbons (Fsp3) is 0.400. The zero-order valence-corrected chi connectivity index (χ0v) is 18.4. The van der Waals surface area contributed by atoms with E-state index >= 15 is 0 Å². The molecule has 1 saturated heterocycles. The fourth-order valence-electron chi connectivity index (χ4n) is 3.32. The van der Waals surface area contributed by atoms with E-state index in [4.69, 9.17) is 15.2 Å². The average molecular weight is 466 g/mol. The lowest BCUT2D eigenvalue weighted by Crippen LogP contribution is -2.34. The number of aromatic nitrogens is 2. The number of amides is 1. The Morgan fingerprint density at radius 1 is 1.44 bits per heavy atom. The predicted molar refractivity (Wildman–Crippen MR) is 116 cm³/mol. The van der Waals surface area contributed by atoms with E-state index in [1.54, 1.807) is 0 Å². The molecule has 172 valence electrons. The van der Waals surface area contributed by atoms with E-state index in [9.17, 15) is 17.9 Å². The van der Waals surface area contributed by atoms with Crippen molar-refractivity contribution in [3.8, 4) is 5.88 Å². The highest BCUT2D eigenvalue weighted by atomic mass is 32.2. The summed E-state index contributed by atoms with van der Waals surface area (Å²) in [6.07, 6.45) is 0.662. The molecule has 2 aromatic rings. The van der Waals surface area contributed by atoms with Gasteiger partial charge in [-0.15, -0.1) is 10.2 Å². The van der Waals surface area contributed by atoms with Crippen LogP contribution in [-0.4, -0.2) is 56.8 Å². The van der Waals surface area contributed by atoms with Crippen LogP contribution in [0.25, 0.3) is 0 Å². The van der Waals surface area contributed by atoms with Crippen LogP contribution >= 0.6 is 0 Å². The largest absolute Gasteiger partial charge is 0.480 e. The molecule has 1 fully saturated rings. The maximum Gasteiger partial charge on any atom is 0.276 e. The van der Waals surface area contributed by atoms with Gasteiger partial charge in [-0.3, -0.25) is 9.79 Å². The zero-order valence-electron chi connectivity index (χ0n) is 17.6. The van der Waals surface area contributed by atoms with Crippen LogP contribution in [0.3, 0.4) is 0 Å². The normalized spacial score (nSPS) is 19.2. The molecule has 3 atom stereocenters. The van der Waals surface area contributed by atoms with Crippen molar-refractivity contribution < 1.29 is 27.4 Å². The third kappa shape index (κ3) is 5.64. The van der Waals surface area contributed by atoms with Gasteiger partial charge in [-0.2, -0.15) is 0 Å². The lowest BCUT2D eigenvalue weighted by Gasteiger charge is -2.27. The summed E-state index contributed by atoms with van der Waals surface area (Å²) in [6, 6.07) is 6.78. The van der Waals surface area contributed by atoms with Crippen LogP contribution in [0.15, 0.2) is 35.3 Å². The number of hydrogen-bond acceptors (Lipinski definition) is 7. The molecule has 1 aliphatic rings. The van der Waals surface area contributed by atoms with Crippen LogP contribution in [0, 0.1) is 11.7 Å². The lowest BCUT2D eigenvalue weighted by atomic mass is 9.93. The smallest absolute Gasteiger partial charge is 0.276 e. The van der Waals surface area contributed by atoms with Crippen molar-refractivity contribution in [2.24, 2.45) is 16.6 Å². The molecule has 1 unspecified atom stereocenters. The second-order valence-electron chi connectivity index (χ2n) is 7.45. The summed E-state index contributed by atoms with van der Waals surface area (Å²) in [5.41, 5.74) is 4.96. The van der Waals surface area contributed by atoms with Crippen molar-refractivity contribution in [3.63, 3.8) is 0 Å². The van der Waals surface area contributed by atoms with E-state index in [1.165, 1.54) is 38.3 Å². The molecule has 0 aliphatic carbocycles. The molecule has 2 heterocycles. The minimum atomic E-state index is -2.29. The topological polar surface area (TPSA) is 149 Å². The molecule has 32 heavy (non-hydrogen) atoms. The molecule has 1 aromatic heterocycles. The zero-order chi connectivity index (χ0) is 23.3. The summed E-state index contributed by atoms with van der Waals surface area (Å²) in [4.78, 5) is 16.9. The molecule has 0 saturated carbocycles. The maximum absolute atomic E-state index is 14.8. The summed E-state index contributed by atoms with van der Waals surface area (Å²) in [6.45, 7) is 2.44. The minimum Gasteiger partial charge on any atom is -0.480 e. The highest BCUT2D eigenvalue weighted by molar-refractivity contribution is 7.79. The lowest BCUT2D eigenvalue weighted by molar-refractivity contribution is 0.102. The van der Waals surface area contributed by atoms with Gasteiger partial charge in [0.25, 0.3) is 5.91 Å². The molecule has 4 N–H and O–H groups in total. The number of anilines is 1. The first-order valence-corrected chi connectivity index (χ1v) is 11.0.